The number of aromatic nitrogens is 3. The van der Waals surface area contributed by atoms with Gasteiger partial charge in [0.2, 0.25) is 0 Å². The van der Waals surface area contributed by atoms with Crippen LogP contribution in [0, 0.1) is 13.8 Å². The smallest absolute Gasteiger partial charge is 0.298 e. The molecule has 4 rings (SSSR count). The van der Waals surface area contributed by atoms with Crippen LogP contribution in [-0.2, 0) is 7.05 Å². The fourth-order valence-electron chi connectivity index (χ4n) is 3.34. The van der Waals surface area contributed by atoms with Crippen molar-refractivity contribution in [1.29, 1.82) is 0 Å². The average molecular weight is 339 g/mol. The zero-order valence-electron chi connectivity index (χ0n) is 14.7. The monoisotopic (exact) mass is 339 g/mol. The molecule has 0 radical (unpaired) electrons. The molecule has 0 spiro atoms. The van der Waals surface area contributed by atoms with E-state index in [0.717, 1.165) is 28.1 Å². The number of fused-ring (bicyclic) bond motifs is 1. The number of hydrogen-bond donors (Lipinski definition) is 0. The van der Waals surface area contributed by atoms with Crippen LogP contribution in [0.4, 0.5) is 6.01 Å². The number of piperazine rings is 1. The highest BCUT2D eigenvalue weighted by molar-refractivity contribution is 5.96. The van der Waals surface area contributed by atoms with Crippen LogP contribution in [0.3, 0.4) is 0 Å². The lowest BCUT2D eigenvalue weighted by atomic mass is 10.1. The van der Waals surface area contributed by atoms with Crippen molar-refractivity contribution in [3.63, 3.8) is 0 Å². The fourth-order valence-corrected chi connectivity index (χ4v) is 3.34. The van der Waals surface area contributed by atoms with E-state index in [1.165, 1.54) is 0 Å². The van der Waals surface area contributed by atoms with Crippen molar-refractivity contribution in [3.05, 3.63) is 41.2 Å². The largest absolute Gasteiger partial charge is 0.423 e. The van der Waals surface area contributed by atoms with Gasteiger partial charge in [0.25, 0.3) is 11.9 Å². The summed E-state index contributed by atoms with van der Waals surface area (Å²) in [5, 5.41) is 4.35. The molecule has 0 atom stereocenters. The minimum absolute atomic E-state index is 0.0558. The van der Waals surface area contributed by atoms with Gasteiger partial charge in [0.1, 0.15) is 5.52 Å². The molecule has 1 aliphatic heterocycles. The molecule has 1 fully saturated rings. The summed E-state index contributed by atoms with van der Waals surface area (Å²) < 4.78 is 7.59. The van der Waals surface area contributed by atoms with Crippen molar-refractivity contribution >= 4 is 23.0 Å². The minimum Gasteiger partial charge on any atom is -0.423 e. The minimum atomic E-state index is 0.0558. The summed E-state index contributed by atoms with van der Waals surface area (Å²) in [4.78, 5) is 21.4. The number of para-hydroxylation sites is 2. The van der Waals surface area contributed by atoms with Crippen LogP contribution in [0.5, 0.6) is 0 Å². The Hall–Kier alpha value is -2.83. The molecule has 25 heavy (non-hydrogen) atoms. The van der Waals surface area contributed by atoms with E-state index < -0.39 is 0 Å². The lowest BCUT2D eigenvalue weighted by Crippen LogP contribution is -2.49. The Kier molecular flexibility index (Phi) is 3.71. The second kappa shape index (κ2) is 5.91. The molecule has 0 saturated carbocycles. The predicted molar refractivity (Wildman–Crippen MR) is 94.8 cm³/mol. The zero-order chi connectivity index (χ0) is 17.6. The molecule has 3 aromatic rings. The third-order valence-corrected chi connectivity index (χ3v) is 4.84. The quantitative estimate of drug-likeness (QED) is 0.715. The van der Waals surface area contributed by atoms with Crippen molar-refractivity contribution in [2.24, 2.45) is 7.05 Å². The number of rotatable bonds is 2. The summed E-state index contributed by atoms with van der Waals surface area (Å²) in [7, 11) is 1.87. The number of oxazole rings is 1. The van der Waals surface area contributed by atoms with Gasteiger partial charge >= 0.3 is 0 Å². The molecular formula is C18H21N5O2. The van der Waals surface area contributed by atoms with Crippen molar-refractivity contribution in [1.82, 2.24) is 19.7 Å². The lowest BCUT2D eigenvalue weighted by molar-refractivity contribution is 0.0743. The zero-order valence-corrected chi connectivity index (χ0v) is 14.7. The maximum Gasteiger partial charge on any atom is 0.298 e. The summed E-state index contributed by atoms with van der Waals surface area (Å²) in [6.07, 6.45) is 0. The van der Waals surface area contributed by atoms with Crippen LogP contribution in [0.2, 0.25) is 0 Å². The van der Waals surface area contributed by atoms with Crippen LogP contribution in [0.25, 0.3) is 11.1 Å². The van der Waals surface area contributed by atoms with Gasteiger partial charge in [0.15, 0.2) is 5.58 Å². The van der Waals surface area contributed by atoms with E-state index in [4.69, 9.17) is 4.42 Å². The molecule has 3 heterocycles. The molecule has 1 amide bonds. The van der Waals surface area contributed by atoms with Gasteiger partial charge in [-0.25, -0.2) is 0 Å². The van der Waals surface area contributed by atoms with E-state index in [1.54, 1.807) is 4.68 Å². The van der Waals surface area contributed by atoms with E-state index in [0.29, 0.717) is 32.2 Å². The Bertz CT molecular complexity index is 901. The van der Waals surface area contributed by atoms with Gasteiger partial charge in [-0.05, 0) is 26.0 Å². The molecule has 1 aliphatic rings. The molecule has 130 valence electrons. The van der Waals surface area contributed by atoms with Gasteiger partial charge in [0, 0.05) is 38.9 Å². The van der Waals surface area contributed by atoms with Crippen LogP contribution >= 0.6 is 0 Å². The molecule has 7 nitrogen and oxygen atoms in total. The van der Waals surface area contributed by atoms with E-state index in [1.807, 2.05) is 50.1 Å². The summed E-state index contributed by atoms with van der Waals surface area (Å²) in [6, 6.07) is 8.37. The van der Waals surface area contributed by atoms with Crippen molar-refractivity contribution in [2.45, 2.75) is 13.8 Å². The van der Waals surface area contributed by atoms with Gasteiger partial charge in [-0.1, -0.05) is 12.1 Å². The number of carbonyl (C=O) groups is 1. The first-order valence-corrected chi connectivity index (χ1v) is 8.44. The number of benzene rings is 1. The molecule has 0 N–H and O–H groups in total. The summed E-state index contributed by atoms with van der Waals surface area (Å²) >= 11 is 0. The number of hydrogen-bond acceptors (Lipinski definition) is 5. The number of anilines is 1. The predicted octanol–water partition coefficient (Wildman–Crippen LogP) is 2.14. The number of carbonyl (C=O) groups excluding carboxylic acids is 1. The maximum atomic E-state index is 12.9. The van der Waals surface area contributed by atoms with E-state index in [9.17, 15) is 4.79 Å². The first-order chi connectivity index (χ1) is 12.0. The molecule has 7 heteroatoms. The summed E-state index contributed by atoms with van der Waals surface area (Å²) in [5.41, 5.74) is 4.06. The number of amides is 1. The van der Waals surface area contributed by atoms with Crippen molar-refractivity contribution < 1.29 is 9.21 Å². The Morgan fingerprint density at radius 1 is 1.12 bits per heavy atom. The second-order valence-electron chi connectivity index (χ2n) is 6.41. The van der Waals surface area contributed by atoms with Crippen LogP contribution in [0.1, 0.15) is 21.7 Å². The van der Waals surface area contributed by atoms with Crippen LogP contribution in [-0.4, -0.2) is 51.8 Å². The van der Waals surface area contributed by atoms with Crippen LogP contribution < -0.4 is 4.90 Å². The topological polar surface area (TPSA) is 67.4 Å². The van der Waals surface area contributed by atoms with Gasteiger partial charge in [0.05, 0.1) is 11.3 Å². The van der Waals surface area contributed by atoms with Crippen LogP contribution in [0.15, 0.2) is 28.7 Å². The van der Waals surface area contributed by atoms with Gasteiger partial charge in [-0.15, -0.1) is 0 Å². The molecule has 2 aromatic heterocycles. The molecule has 0 unspecified atom stereocenters. The third kappa shape index (κ3) is 2.65. The van der Waals surface area contributed by atoms with Gasteiger partial charge < -0.3 is 14.2 Å². The third-order valence-electron chi connectivity index (χ3n) is 4.84. The van der Waals surface area contributed by atoms with Gasteiger partial charge in [-0.2, -0.15) is 10.1 Å². The number of nitrogens with zero attached hydrogens (tertiary/aromatic N) is 5. The average Bonchev–Trinajstić information content (AvgIpc) is 3.15. The van der Waals surface area contributed by atoms with Gasteiger partial charge in [-0.3, -0.25) is 9.48 Å². The Labute approximate surface area is 145 Å². The summed E-state index contributed by atoms with van der Waals surface area (Å²) in [6.45, 7) is 6.51. The Morgan fingerprint density at radius 2 is 1.84 bits per heavy atom. The van der Waals surface area contributed by atoms with E-state index in [2.05, 4.69) is 15.0 Å². The Morgan fingerprint density at radius 3 is 2.48 bits per heavy atom. The molecule has 0 bridgehead atoms. The highest BCUT2D eigenvalue weighted by atomic mass is 16.4. The fraction of sp³-hybridized carbons (Fsp3) is 0.389. The summed E-state index contributed by atoms with van der Waals surface area (Å²) in [5.74, 6) is 0.0558. The SMILES string of the molecule is Cc1nn(C)c(C)c1C(=O)N1CCN(c2nc3ccccc3o2)CC1. The molecule has 1 aromatic carbocycles. The first kappa shape index (κ1) is 15.7. The van der Waals surface area contributed by atoms with E-state index in [-0.39, 0.29) is 5.91 Å². The normalized spacial score (nSPS) is 15.2. The highest BCUT2D eigenvalue weighted by Crippen LogP contribution is 2.23. The second-order valence-corrected chi connectivity index (χ2v) is 6.41. The maximum absolute atomic E-state index is 12.9. The molecular weight excluding hydrogens is 318 g/mol. The number of aryl methyl sites for hydroxylation is 2. The first-order valence-electron chi connectivity index (χ1n) is 8.44. The Balaban J connectivity index is 1.48. The highest BCUT2D eigenvalue weighted by Gasteiger charge is 2.27. The van der Waals surface area contributed by atoms with E-state index >= 15 is 0 Å². The standard InChI is InChI=1S/C18H21N5O2/c1-12-16(13(2)21(3)20-12)17(24)22-8-10-23(11-9-22)18-19-14-6-4-5-7-15(14)25-18/h4-7H,8-11H2,1-3H3. The lowest BCUT2D eigenvalue weighted by Gasteiger charge is -2.33. The molecule has 1 saturated heterocycles. The van der Waals surface area contributed by atoms with Crippen molar-refractivity contribution in [3.8, 4) is 0 Å². The van der Waals surface area contributed by atoms with Crippen molar-refractivity contribution in [2.75, 3.05) is 31.1 Å². The molecule has 0 aliphatic carbocycles.